The molecule has 0 aliphatic carbocycles. The van der Waals surface area contributed by atoms with Gasteiger partial charge < -0.3 is 39.0 Å². The van der Waals surface area contributed by atoms with E-state index in [-0.39, 0.29) is 36.5 Å². The molecule has 1 aromatic carbocycles. The summed E-state index contributed by atoms with van der Waals surface area (Å²) >= 11 is 0. The second-order valence-corrected chi connectivity index (χ2v) is 13.8. The number of esters is 1. The molecule has 2 aliphatic rings. The Morgan fingerprint density at radius 1 is 1.07 bits per heavy atom. The third-order valence-corrected chi connectivity index (χ3v) is 9.50. The summed E-state index contributed by atoms with van der Waals surface area (Å²) in [5.74, 6) is -1.80. The van der Waals surface area contributed by atoms with Crippen LogP contribution in [0.5, 0.6) is 0 Å². The molecule has 0 saturated carbocycles. The molecule has 2 heterocycles. The highest BCUT2D eigenvalue weighted by Gasteiger charge is 2.51. The summed E-state index contributed by atoms with van der Waals surface area (Å²) in [5, 5.41) is 30.4. The highest BCUT2D eigenvalue weighted by atomic mass is 16.7. The molecule has 1 aromatic rings. The molecule has 0 amide bonds. The summed E-state index contributed by atoms with van der Waals surface area (Å²) in [5.41, 5.74) is -1.32. The molecule has 0 aromatic heterocycles. The van der Waals surface area contributed by atoms with Crippen LogP contribution in [0, 0.1) is 17.3 Å². The highest BCUT2D eigenvalue weighted by Crippen LogP contribution is 2.38. The number of ether oxygens (including phenoxy) is 4. The van der Waals surface area contributed by atoms with Crippen molar-refractivity contribution in [3.8, 4) is 0 Å². The van der Waals surface area contributed by atoms with Crippen LogP contribution in [0.15, 0.2) is 24.3 Å². The fraction of sp³-hybridized carbons (Fsp3) is 0.750. The van der Waals surface area contributed by atoms with Gasteiger partial charge in [0, 0.05) is 25.6 Å². The molecule has 3 rings (SSSR count). The molecule has 44 heavy (non-hydrogen) atoms. The van der Waals surface area contributed by atoms with Gasteiger partial charge in [0.15, 0.2) is 12.1 Å². The number of aliphatic hydroxyl groups is 1. The van der Waals surface area contributed by atoms with Crippen LogP contribution in [-0.4, -0.2) is 121 Å². The molecule has 248 valence electrons. The number of ketones is 1. The van der Waals surface area contributed by atoms with E-state index in [2.05, 4.69) is 11.8 Å². The number of Topliss-reactive ketones (excluding diaryl/α,β-unsaturated/α-hetero) is 1. The van der Waals surface area contributed by atoms with Crippen molar-refractivity contribution in [1.82, 2.24) is 9.80 Å². The van der Waals surface area contributed by atoms with E-state index in [9.17, 15) is 24.7 Å². The van der Waals surface area contributed by atoms with Gasteiger partial charge in [0.25, 0.3) is 0 Å². The van der Waals surface area contributed by atoms with Crippen molar-refractivity contribution in [3.05, 3.63) is 29.8 Å². The molecule has 0 bridgehead atoms. The minimum absolute atomic E-state index is 0.00155. The number of cyclic esters (lactones) is 1. The van der Waals surface area contributed by atoms with Crippen LogP contribution in [0.25, 0.3) is 0 Å². The van der Waals surface area contributed by atoms with E-state index >= 15 is 0 Å². The number of carbonyl (C=O) groups is 2. The molecule has 0 unspecified atom stereocenters. The molecular formula is C32H53BN2O9. The van der Waals surface area contributed by atoms with Gasteiger partial charge in [-0.3, -0.25) is 14.5 Å². The van der Waals surface area contributed by atoms with E-state index < -0.39 is 48.5 Å². The van der Waals surface area contributed by atoms with Gasteiger partial charge in [-0.25, -0.2) is 0 Å². The van der Waals surface area contributed by atoms with Crippen molar-refractivity contribution in [2.75, 3.05) is 41.4 Å². The average molecular weight is 621 g/mol. The first-order chi connectivity index (χ1) is 20.4. The molecule has 12 heteroatoms. The monoisotopic (exact) mass is 620 g/mol. The van der Waals surface area contributed by atoms with Crippen LogP contribution in [0.1, 0.15) is 66.0 Å². The first-order valence-electron chi connectivity index (χ1n) is 15.5. The van der Waals surface area contributed by atoms with Crippen LogP contribution in [0.4, 0.5) is 0 Å². The molecule has 9 atom stereocenters. The Labute approximate surface area is 262 Å². The van der Waals surface area contributed by atoms with E-state index in [1.54, 1.807) is 52.1 Å². The number of aliphatic hydroxyl groups excluding tert-OH is 1. The van der Waals surface area contributed by atoms with Gasteiger partial charge >= 0.3 is 13.1 Å². The molecule has 0 spiro atoms. The number of methoxy groups -OCH3 is 1. The Morgan fingerprint density at radius 3 is 2.23 bits per heavy atom. The molecule has 3 N–H and O–H groups in total. The predicted molar refractivity (Wildman–Crippen MR) is 167 cm³/mol. The molecule has 2 saturated heterocycles. The van der Waals surface area contributed by atoms with E-state index in [1.807, 2.05) is 39.9 Å². The van der Waals surface area contributed by atoms with Gasteiger partial charge in [-0.1, -0.05) is 38.1 Å². The Kier molecular flexibility index (Phi) is 12.2. The Hall–Kier alpha value is -1.90. The number of rotatable bonds is 6. The van der Waals surface area contributed by atoms with E-state index in [1.165, 1.54) is 0 Å². The van der Waals surface area contributed by atoms with Crippen molar-refractivity contribution < 1.29 is 43.7 Å². The number of carbonyl (C=O) groups excluding carboxylic acids is 2. The van der Waals surface area contributed by atoms with Gasteiger partial charge in [-0.05, 0) is 78.6 Å². The van der Waals surface area contributed by atoms with Crippen LogP contribution in [0.3, 0.4) is 0 Å². The maximum Gasteiger partial charge on any atom is 0.488 e. The quantitative estimate of drug-likeness (QED) is 0.242. The van der Waals surface area contributed by atoms with E-state index in [0.717, 1.165) is 5.56 Å². The van der Waals surface area contributed by atoms with Gasteiger partial charge in [-0.2, -0.15) is 0 Å². The number of hydrogen-bond donors (Lipinski definition) is 3. The van der Waals surface area contributed by atoms with Gasteiger partial charge in [0.1, 0.15) is 18.1 Å². The fourth-order valence-corrected chi connectivity index (χ4v) is 6.79. The summed E-state index contributed by atoms with van der Waals surface area (Å²) in [6, 6.07) is 6.26. The maximum atomic E-state index is 14.1. The standard InChI is InChI=1S/C32H53BN2O9/c1-19-16-32(6,41-10)28(44-29-26(36)24(34(7)8)15-20(2)43-29)21(3)27(37)31(4,5)30(38)42-18-25(35(9)17-19)22-11-13-23(14-12-22)33(39)40/h11-14,19-21,24-26,28-29,36,39-40H,15-18H2,1-10H3/t19-,20-,21+,24+,25+,26-,28-,29+,32-/m1/s1. The summed E-state index contributed by atoms with van der Waals surface area (Å²) in [6.45, 7) is 11.4. The van der Waals surface area contributed by atoms with Crippen LogP contribution in [0.2, 0.25) is 0 Å². The van der Waals surface area contributed by atoms with Crippen molar-refractivity contribution in [3.63, 3.8) is 0 Å². The second kappa shape index (κ2) is 14.7. The topological polar surface area (TPSA) is 138 Å². The third-order valence-electron chi connectivity index (χ3n) is 9.50. The third kappa shape index (κ3) is 8.08. The van der Waals surface area contributed by atoms with Gasteiger partial charge in [0.05, 0.1) is 23.9 Å². The summed E-state index contributed by atoms with van der Waals surface area (Å²) in [7, 11) is 5.74. The zero-order valence-electron chi connectivity index (χ0n) is 28.0. The first kappa shape index (κ1) is 36.6. The SMILES string of the molecule is CO[C@]1(C)C[C@@H](C)CN(C)[C@H](c2ccc(B(O)O)cc2)COC(=O)C(C)(C)C(=O)[C@H](C)[C@H]1O[C@@H]1O[C@H](C)C[C@H](N(C)C)[C@H]1O. The fourth-order valence-electron chi connectivity index (χ4n) is 6.79. The molecule has 0 radical (unpaired) electrons. The Morgan fingerprint density at radius 2 is 1.68 bits per heavy atom. The van der Waals surface area contributed by atoms with Crippen molar-refractivity contribution in [1.29, 1.82) is 0 Å². The zero-order chi connectivity index (χ0) is 33.1. The van der Waals surface area contributed by atoms with E-state index in [0.29, 0.717) is 24.8 Å². The lowest BCUT2D eigenvalue weighted by molar-refractivity contribution is -0.295. The van der Waals surface area contributed by atoms with E-state index in [4.69, 9.17) is 18.9 Å². The molecule has 11 nitrogen and oxygen atoms in total. The summed E-state index contributed by atoms with van der Waals surface area (Å²) < 4.78 is 24.7. The smallest absolute Gasteiger partial charge is 0.463 e. The number of likely N-dealkylation sites (N-methyl/N-ethyl adjacent to an activating group) is 2. The number of hydrogen-bond acceptors (Lipinski definition) is 11. The van der Waals surface area contributed by atoms with Crippen LogP contribution < -0.4 is 5.46 Å². The van der Waals surface area contributed by atoms with Crippen molar-refractivity contribution in [2.45, 2.75) is 96.7 Å². The minimum Gasteiger partial charge on any atom is -0.463 e. The largest absolute Gasteiger partial charge is 0.488 e. The normalized spacial score (nSPS) is 36.2. The lowest BCUT2D eigenvalue weighted by Gasteiger charge is -2.47. The lowest BCUT2D eigenvalue weighted by Crippen LogP contribution is -2.59. The Bertz CT molecular complexity index is 1120. The minimum atomic E-state index is -1.59. The first-order valence-corrected chi connectivity index (χ1v) is 15.5. The maximum absolute atomic E-state index is 14.1. The average Bonchev–Trinajstić information content (AvgIpc) is 2.95. The van der Waals surface area contributed by atoms with Gasteiger partial charge in [-0.15, -0.1) is 0 Å². The Balaban J connectivity index is 2.02. The molecule has 2 fully saturated rings. The zero-order valence-corrected chi connectivity index (χ0v) is 28.0. The second-order valence-electron chi connectivity index (χ2n) is 13.8. The molecular weight excluding hydrogens is 567 g/mol. The predicted octanol–water partition coefficient (Wildman–Crippen LogP) is 1.37. The van der Waals surface area contributed by atoms with Crippen LogP contribution in [-0.2, 0) is 28.5 Å². The van der Waals surface area contributed by atoms with Crippen molar-refractivity contribution >= 4 is 24.3 Å². The highest BCUT2D eigenvalue weighted by molar-refractivity contribution is 6.58. The summed E-state index contributed by atoms with van der Waals surface area (Å²) in [4.78, 5) is 31.7. The summed E-state index contributed by atoms with van der Waals surface area (Å²) in [6.07, 6.45) is -1.88. The molecule has 2 aliphatic heterocycles. The van der Waals surface area contributed by atoms with Gasteiger partial charge in [0.2, 0.25) is 0 Å². The number of nitrogens with zero attached hydrogens (tertiary/aromatic N) is 2. The number of benzene rings is 1. The van der Waals surface area contributed by atoms with Crippen molar-refractivity contribution in [2.24, 2.45) is 17.3 Å². The lowest BCUT2D eigenvalue weighted by atomic mass is 9.74. The van der Waals surface area contributed by atoms with Crippen LogP contribution >= 0.6 is 0 Å².